The van der Waals surface area contributed by atoms with Gasteiger partial charge in [-0.05, 0) is 47.0 Å². The fourth-order valence-corrected chi connectivity index (χ4v) is 3.09. The van der Waals surface area contributed by atoms with Crippen molar-refractivity contribution in [3.8, 4) is 11.1 Å². The summed E-state index contributed by atoms with van der Waals surface area (Å²) in [7, 11) is 1.38. The summed E-state index contributed by atoms with van der Waals surface area (Å²) in [4.78, 5) is 19.1. The zero-order valence-corrected chi connectivity index (χ0v) is 14.9. The van der Waals surface area contributed by atoms with Gasteiger partial charge in [0.05, 0.1) is 12.7 Å². The molecule has 0 fully saturated rings. The Balaban J connectivity index is 1.49. The zero-order valence-electron chi connectivity index (χ0n) is 14.9. The van der Waals surface area contributed by atoms with Crippen molar-refractivity contribution in [2.45, 2.75) is 6.54 Å². The quantitative estimate of drug-likeness (QED) is 0.511. The Bertz CT molecular complexity index is 1080. The van der Waals surface area contributed by atoms with E-state index in [9.17, 15) is 4.79 Å². The molecule has 2 aromatic heterocycles. The summed E-state index contributed by atoms with van der Waals surface area (Å²) in [5.74, 6) is -0.337. The van der Waals surface area contributed by atoms with Gasteiger partial charge in [0, 0.05) is 30.0 Å². The van der Waals surface area contributed by atoms with Crippen molar-refractivity contribution >= 4 is 22.7 Å². The van der Waals surface area contributed by atoms with Crippen molar-refractivity contribution in [1.29, 1.82) is 0 Å². The van der Waals surface area contributed by atoms with Crippen LogP contribution in [0.4, 0.5) is 5.69 Å². The van der Waals surface area contributed by atoms with Gasteiger partial charge in [-0.3, -0.25) is 0 Å². The number of pyridine rings is 1. The van der Waals surface area contributed by atoms with E-state index in [1.165, 1.54) is 7.11 Å². The molecule has 4 rings (SSSR count). The summed E-state index contributed by atoms with van der Waals surface area (Å²) in [6.45, 7) is 0.667. The maximum absolute atomic E-state index is 11.6. The van der Waals surface area contributed by atoms with Crippen molar-refractivity contribution in [2.75, 3.05) is 12.4 Å². The van der Waals surface area contributed by atoms with Crippen molar-refractivity contribution in [1.82, 2.24) is 9.97 Å². The summed E-state index contributed by atoms with van der Waals surface area (Å²) in [6, 6.07) is 19.8. The molecule has 2 N–H and O–H groups in total. The summed E-state index contributed by atoms with van der Waals surface area (Å²) in [5, 5.41) is 4.46. The van der Waals surface area contributed by atoms with Gasteiger partial charge in [0.2, 0.25) is 0 Å². The van der Waals surface area contributed by atoms with Crippen LogP contribution in [-0.2, 0) is 11.3 Å². The second kappa shape index (κ2) is 7.33. The maximum atomic E-state index is 11.6. The molecule has 0 amide bonds. The molecule has 2 aromatic carbocycles. The first-order chi connectivity index (χ1) is 13.2. The molecule has 0 saturated carbocycles. The Morgan fingerprint density at radius 3 is 2.78 bits per heavy atom. The normalized spacial score (nSPS) is 10.7. The predicted octanol–water partition coefficient (Wildman–Crippen LogP) is 4.63. The van der Waals surface area contributed by atoms with Gasteiger partial charge in [-0.2, -0.15) is 0 Å². The molecule has 4 aromatic rings. The summed E-state index contributed by atoms with van der Waals surface area (Å²) >= 11 is 0. The molecule has 0 spiro atoms. The van der Waals surface area contributed by atoms with Crippen LogP contribution in [0.15, 0.2) is 73.1 Å². The Hall–Kier alpha value is -3.60. The lowest BCUT2D eigenvalue weighted by Crippen LogP contribution is -2.03. The standard InChI is InChI=1S/C22H19N3O2/c1-27-22(26)17-3-2-4-18(13-17)25-14-15-5-7-16(8-6-15)19-9-11-23-21-20(19)10-12-24-21/h2-13,25H,14H2,1H3,(H,23,24). The van der Waals surface area contributed by atoms with Gasteiger partial charge < -0.3 is 15.0 Å². The maximum Gasteiger partial charge on any atom is 0.337 e. The number of fused-ring (bicyclic) bond motifs is 1. The minimum Gasteiger partial charge on any atom is -0.465 e. The number of esters is 1. The number of anilines is 1. The average Bonchev–Trinajstić information content (AvgIpc) is 3.21. The van der Waals surface area contributed by atoms with Crippen LogP contribution in [0.5, 0.6) is 0 Å². The number of carbonyl (C=O) groups excluding carboxylic acids is 1. The Morgan fingerprint density at radius 2 is 1.96 bits per heavy atom. The van der Waals surface area contributed by atoms with E-state index >= 15 is 0 Å². The zero-order chi connectivity index (χ0) is 18.6. The topological polar surface area (TPSA) is 67.0 Å². The highest BCUT2D eigenvalue weighted by Crippen LogP contribution is 2.27. The van der Waals surface area contributed by atoms with Gasteiger partial charge >= 0.3 is 5.97 Å². The lowest BCUT2D eigenvalue weighted by molar-refractivity contribution is 0.0601. The third-order valence-corrected chi connectivity index (χ3v) is 4.51. The molecule has 0 bridgehead atoms. The molecule has 0 radical (unpaired) electrons. The van der Waals surface area contributed by atoms with Crippen LogP contribution in [0.1, 0.15) is 15.9 Å². The van der Waals surface area contributed by atoms with E-state index in [1.807, 2.05) is 36.7 Å². The van der Waals surface area contributed by atoms with Crippen LogP contribution in [-0.4, -0.2) is 23.0 Å². The highest BCUT2D eigenvalue weighted by Gasteiger charge is 2.07. The van der Waals surface area contributed by atoms with Crippen LogP contribution in [0.3, 0.4) is 0 Å². The second-order valence-electron chi connectivity index (χ2n) is 6.22. The molecular formula is C22H19N3O2. The number of aromatic nitrogens is 2. The van der Waals surface area contributed by atoms with Crippen LogP contribution >= 0.6 is 0 Å². The number of hydrogen-bond donors (Lipinski definition) is 2. The third-order valence-electron chi connectivity index (χ3n) is 4.51. The Labute approximate surface area is 157 Å². The number of hydrogen-bond acceptors (Lipinski definition) is 4. The van der Waals surface area contributed by atoms with Gasteiger partial charge in [0.25, 0.3) is 0 Å². The Kier molecular flexibility index (Phi) is 4.58. The van der Waals surface area contributed by atoms with E-state index in [2.05, 4.69) is 39.6 Å². The Morgan fingerprint density at radius 1 is 1.11 bits per heavy atom. The third kappa shape index (κ3) is 3.53. The number of nitrogens with one attached hydrogen (secondary N) is 2. The molecular weight excluding hydrogens is 338 g/mol. The first-order valence-electron chi connectivity index (χ1n) is 8.68. The molecule has 2 heterocycles. The van der Waals surface area contributed by atoms with Crippen LogP contribution in [0, 0.1) is 0 Å². The van der Waals surface area contributed by atoms with E-state index in [0.717, 1.165) is 33.4 Å². The molecule has 0 unspecified atom stereocenters. The molecule has 5 nitrogen and oxygen atoms in total. The van der Waals surface area contributed by atoms with Crippen molar-refractivity contribution in [3.63, 3.8) is 0 Å². The van der Waals surface area contributed by atoms with Crippen LogP contribution in [0.25, 0.3) is 22.2 Å². The summed E-state index contributed by atoms with van der Waals surface area (Å²) in [6.07, 6.45) is 3.72. The fraction of sp³-hybridized carbons (Fsp3) is 0.0909. The average molecular weight is 357 g/mol. The molecule has 27 heavy (non-hydrogen) atoms. The number of ether oxygens (including phenoxy) is 1. The molecule has 5 heteroatoms. The van der Waals surface area contributed by atoms with Crippen molar-refractivity contribution in [2.24, 2.45) is 0 Å². The number of nitrogens with zero attached hydrogens (tertiary/aromatic N) is 1. The number of aromatic amines is 1. The molecule has 134 valence electrons. The van der Waals surface area contributed by atoms with E-state index in [1.54, 1.807) is 12.1 Å². The first kappa shape index (κ1) is 16.8. The largest absolute Gasteiger partial charge is 0.465 e. The number of rotatable bonds is 5. The van der Waals surface area contributed by atoms with Gasteiger partial charge in [0.1, 0.15) is 5.65 Å². The van der Waals surface area contributed by atoms with Gasteiger partial charge in [-0.25, -0.2) is 9.78 Å². The van der Waals surface area contributed by atoms with Gasteiger partial charge in [-0.15, -0.1) is 0 Å². The highest BCUT2D eigenvalue weighted by atomic mass is 16.5. The SMILES string of the molecule is COC(=O)c1cccc(NCc2ccc(-c3ccnc4[nH]ccc34)cc2)c1. The van der Waals surface area contributed by atoms with Crippen LogP contribution < -0.4 is 5.32 Å². The molecule has 0 aliphatic carbocycles. The predicted molar refractivity (Wildman–Crippen MR) is 107 cm³/mol. The minimum absolute atomic E-state index is 0.337. The first-order valence-corrected chi connectivity index (χ1v) is 8.68. The monoisotopic (exact) mass is 357 g/mol. The molecule has 0 aliphatic heterocycles. The lowest BCUT2D eigenvalue weighted by Gasteiger charge is -2.09. The molecule has 0 saturated heterocycles. The van der Waals surface area contributed by atoms with Crippen LogP contribution in [0.2, 0.25) is 0 Å². The lowest BCUT2D eigenvalue weighted by atomic mass is 10.0. The van der Waals surface area contributed by atoms with Gasteiger partial charge in [-0.1, -0.05) is 30.3 Å². The number of carbonyl (C=O) groups is 1. The molecule has 0 aliphatic rings. The summed E-state index contributed by atoms with van der Waals surface area (Å²) < 4.78 is 4.76. The highest BCUT2D eigenvalue weighted by molar-refractivity contribution is 5.92. The molecule has 0 atom stereocenters. The van der Waals surface area contributed by atoms with Crippen molar-refractivity contribution in [3.05, 3.63) is 84.2 Å². The van der Waals surface area contributed by atoms with E-state index in [0.29, 0.717) is 12.1 Å². The number of H-pyrrole nitrogens is 1. The van der Waals surface area contributed by atoms with Gasteiger partial charge in [0.15, 0.2) is 0 Å². The van der Waals surface area contributed by atoms with E-state index in [4.69, 9.17) is 4.74 Å². The fourth-order valence-electron chi connectivity index (χ4n) is 3.09. The van der Waals surface area contributed by atoms with E-state index in [-0.39, 0.29) is 5.97 Å². The summed E-state index contributed by atoms with van der Waals surface area (Å²) in [5.41, 5.74) is 5.77. The van der Waals surface area contributed by atoms with Crippen molar-refractivity contribution < 1.29 is 9.53 Å². The minimum atomic E-state index is -0.337. The number of benzene rings is 2. The van der Waals surface area contributed by atoms with E-state index < -0.39 is 0 Å². The smallest absolute Gasteiger partial charge is 0.337 e. The number of methoxy groups -OCH3 is 1. The second-order valence-corrected chi connectivity index (χ2v) is 6.22.